The van der Waals surface area contributed by atoms with E-state index >= 15 is 0 Å². The topological polar surface area (TPSA) is 90.9 Å². The number of nitrogens with one attached hydrogen (secondary N) is 1. The van der Waals surface area contributed by atoms with Gasteiger partial charge in [0.05, 0.1) is 5.60 Å². The van der Waals surface area contributed by atoms with Crippen molar-refractivity contribution in [3.63, 3.8) is 0 Å². The van der Waals surface area contributed by atoms with Gasteiger partial charge in [0, 0.05) is 18.7 Å². The Bertz CT molecular complexity index is 494. The quantitative estimate of drug-likeness (QED) is 0.288. The van der Waals surface area contributed by atoms with Crippen molar-refractivity contribution < 1.29 is 10.3 Å². The number of aliphatic hydroxyl groups is 1. The van der Waals surface area contributed by atoms with Crippen LogP contribution in [0.4, 0.5) is 0 Å². The van der Waals surface area contributed by atoms with E-state index in [0.717, 1.165) is 37.2 Å². The van der Waals surface area contributed by atoms with Gasteiger partial charge in [-0.2, -0.15) is 0 Å². The van der Waals surface area contributed by atoms with Gasteiger partial charge in [0.1, 0.15) is 0 Å². The molecule has 0 aromatic heterocycles. The van der Waals surface area contributed by atoms with Crippen molar-refractivity contribution >= 4 is 5.84 Å². The molecule has 0 bridgehead atoms. The van der Waals surface area contributed by atoms with Crippen molar-refractivity contribution in [3.05, 3.63) is 35.4 Å². The van der Waals surface area contributed by atoms with E-state index in [1.165, 1.54) is 0 Å². The average Bonchev–Trinajstić information content (AvgIpc) is 2.50. The fourth-order valence-electron chi connectivity index (χ4n) is 2.81. The van der Waals surface area contributed by atoms with Crippen molar-refractivity contribution in [2.45, 2.75) is 44.8 Å². The first-order valence-electron chi connectivity index (χ1n) is 7.52. The molecule has 5 heteroatoms. The number of nitrogens with two attached hydrogens (primary N) is 1. The van der Waals surface area contributed by atoms with Gasteiger partial charge in [-0.25, -0.2) is 0 Å². The van der Waals surface area contributed by atoms with Gasteiger partial charge in [0.2, 0.25) is 0 Å². The number of benzene rings is 1. The summed E-state index contributed by atoms with van der Waals surface area (Å²) >= 11 is 0. The van der Waals surface area contributed by atoms with Crippen LogP contribution >= 0.6 is 0 Å². The summed E-state index contributed by atoms with van der Waals surface area (Å²) in [5.41, 5.74) is 6.75. The summed E-state index contributed by atoms with van der Waals surface area (Å²) in [6, 6.07) is 7.54. The number of hydrogen-bond donors (Lipinski definition) is 4. The van der Waals surface area contributed by atoms with Crippen LogP contribution in [0.1, 0.15) is 43.7 Å². The summed E-state index contributed by atoms with van der Waals surface area (Å²) in [4.78, 5) is 0. The Balaban J connectivity index is 1.86. The standard InChI is InChI=1S/C16H25N3O2/c1-12-5-7-16(20,8-6-12)11-18-10-13-3-2-4-14(9-13)15(17)19-21/h2-4,9,12,18,20-21H,5-8,10-11H2,1H3,(H2,17,19). The van der Waals surface area contributed by atoms with Crippen molar-refractivity contribution in [2.75, 3.05) is 6.54 Å². The van der Waals surface area contributed by atoms with Crippen molar-refractivity contribution in [3.8, 4) is 0 Å². The molecule has 1 aliphatic rings. The van der Waals surface area contributed by atoms with Crippen molar-refractivity contribution in [2.24, 2.45) is 16.8 Å². The van der Waals surface area contributed by atoms with Crippen LogP contribution in [0.3, 0.4) is 0 Å². The first kappa shape index (κ1) is 15.8. The van der Waals surface area contributed by atoms with Gasteiger partial charge in [-0.05, 0) is 43.2 Å². The van der Waals surface area contributed by atoms with Crippen molar-refractivity contribution in [1.29, 1.82) is 0 Å². The van der Waals surface area contributed by atoms with Gasteiger partial charge >= 0.3 is 0 Å². The predicted octanol–water partition coefficient (Wildman–Crippen LogP) is 1.81. The first-order valence-corrected chi connectivity index (χ1v) is 7.52. The molecule has 1 saturated carbocycles. The van der Waals surface area contributed by atoms with Crippen LogP contribution < -0.4 is 11.1 Å². The van der Waals surface area contributed by atoms with E-state index in [1.54, 1.807) is 6.07 Å². The molecule has 0 atom stereocenters. The Morgan fingerprint density at radius 2 is 2.14 bits per heavy atom. The molecule has 116 valence electrons. The Morgan fingerprint density at radius 3 is 2.81 bits per heavy atom. The Hall–Kier alpha value is -1.59. The van der Waals surface area contributed by atoms with E-state index in [4.69, 9.17) is 10.9 Å². The molecule has 21 heavy (non-hydrogen) atoms. The van der Waals surface area contributed by atoms with Gasteiger partial charge in [-0.15, -0.1) is 0 Å². The smallest absolute Gasteiger partial charge is 0.170 e. The third-order valence-electron chi connectivity index (χ3n) is 4.32. The Kier molecular flexibility index (Phi) is 5.20. The fourth-order valence-corrected chi connectivity index (χ4v) is 2.81. The maximum atomic E-state index is 10.5. The van der Waals surface area contributed by atoms with E-state index in [1.807, 2.05) is 18.2 Å². The molecule has 0 heterocycles. The third-order valence-corrected chi connectivity index (χ3v) is 4.32. The van der Waals surface area contributed by atoms with Crippen LogP contribution in [0.5, 0.6) is 0 Å². The number of amidine groups is 1. The SMILES string of the molecule is CC1CCC(O)(CNCc2cccc(C(N)=NO)c2)CC1. The summed E-state index contributed by atoms with van der Waals surface area (Å²) in [6.45, 7) is 3.50. The Morgan fingerprint density at radius 1 is 1.43 bits per heavy atom. The zero-order valence-electron chi connectivity index (χ0n) is 12.5. The van der Waals surface area contributed by atoms with Crippen LogP contribution in [0.15, 0.2) is 29.4 Å². The molecule has 1 aromatic carbocycles. The number of rotatable bonds is 5. The minimum absolute atomic E-state index is 0.108. The van der Waals surface area contributed by atoms with Gasteiger partial charge in [0.25, 0.3) is 0 Å². The molecule has 0 saturated heterocycles. The lowest BCUT2D eigenvalue weighted by molar-refractivity contribution is -0.00630. The highest BCUT2D eigenvalue weighted by Gasteiger charge is 2.31. The monoisotopic (exact) mass is 291 g/mol. The molecule has 1 aliphatic carbocycles. The first-order chi connectivity index (χ1) is 10.0. The summed E-state index contributed by atoms with van der Waals surface area (Å²) in [5, 5.41) is 25.5. The van der Waals surface area contributed by atoms with Crippen LogP contribution in [-0.4, -0.2) is 28.3 Å². The van der Waals surface area contributed by atoms with Crippen LogP contribution in [-0.2, 0) is 6.54 Å². The molecular weight excluding hydrogens is 266 g/mol. The van der Waals surface area contributed by atoms with Crippen LogP contribution in [0, 0.1) is 5.92 Å². The molecule has 1 aromatic rings. The largest absolute Gasteiger partial charge is 0.409 e. The van der Waals surface area contributed by atoms with Gasteiger partial charge in [0.15, 0.2) is 5.84 Å². The van der Waals surface area contributed by atoms with E-state index in [-0.39, 0.29) is 5.84 Å². The molecule has 5 nitrogen and oxygen atoms in total. The lowest BCUT2D eigenvalue weighted by Gasteiger charge is -2.35. The van der Waals surface area contributed by atoms with E-state index in [0.29, 0.717) is 18.7 Å². The summed E-state index contributed by atoms with van der Waals surface area (Å²) < 4.78 is 0. The molecule has 0 amide bonds. The van der Waals surface area contributed by atoms with E-state index < -0.39 is 5.60 Å². The highest BCUT2D eigenvalue weighted by molar-refractivity contribution is 5.97. The van der Waals surface area contributed by atoms with E-state index in [9.17, 15) is 5.11 Å². The number of oxime groups is 1. The molecule has 0 spiro atoms. The fraction of sp³-hybridized carbons (Fsp3) is 0.562. The second-order valence-electron chi connectivity index (χ2n) is 6.20. The zero-order valence-corrected chi connectivity index (χ0v) is 12.5. The molecule has 1 fully saturated rings. The number of nitrogens with zero attached hydrogens (tertiary/aromatic N) is 1. The highest BCUT2D eigenvalue weighted by Crippen LogP contribution is 2.31. The molecule has 0 aliphatic heterocycles. The lowest BCUT2D eigenvalue weighted by atomic mass is 9.79. The van der Waals surface area contributed by atoms with Gasteiger partial charge < -0.3 is 21.4 Å². The second kappa shape index (κ2) is 6.91. The zero-order chi connectivity index (χ0) is 15.3. The second-order valence-corrected chi connectivity index (χ2v) is 6.20. The van der Waals surface area contributed by atoms with Gasteiger partial charge in [-0.1, -0.05) is 30.3 Å². The van der Waals surface area contributed by atoms with Crippen LogP contribution in [0.25, 0.3) is 0 Å². The van der Waals surface area contributed by atoms with Gasteiger partial charge in [-0.3, -0.25) is 0 Å². The van der Waals surface area contributed by atoms with Crippen LogP contribution in [0.2, 0.25) is 0 Å². The predicted molar refractivity (Wildman–Crippen MR) is 83.2 cm³/mol. The molecule has 0 radical (unpaired) electrons. The average molecular weight is 291 g/mol. The number of hydrogen-bond acceptors (Lipinski definition) is 4. The third kappa shape index (κ3) is 4.44. The molecule has 0 unspecified atom stereocenters. The normalized spacial score (nSPS) is 26.8. The minimum atomic E-state index is -0.574. The maximum Gasteiger partial charge on any atom is 0.170 e. The minimum Gasteiger partial charge on any atom is -0.409 e. The molecule has 5 N–H and O–H groups in total. The molecular formula is C16H25N3O2. The highest BCUT2D eigenvalue weighted by atomic mass is 16.4. The summed E-state index contributed by atoms with van der Waals surface area (Å²) in [7, 11) is 0. The van der Waals surface area contributed by atoms with Crippen molar-refractivity contribution in [1.82, 2.24) is 5.32 Å². The molecule has 2 rings (SSSR count). The lowest BCUT2D eigenvalue weighted by Crippen LogP contribution is -2.43. The Labute approximate surface area is 125 Å². The summed E-state index contributed by atoms with van der Waals surface area (Å²) in [6.07, 6.45) is 3.92. The summed E-state index contributed by atoms with van der Waals surface area (Å²) in [5.74, 6) is 0.833. The van der Waals surface area contributed by atoms with E-state index in [2.05, 4.69) is 17.4 Å². The maximum absolute atomic E-state index is 10.5.